The quantitative estimate of drug-likeness (QED) is 0.142. The average molecular weight is 660 g/mol. The molecule has 6 N–H and O–H groups in total. The van der Waals surface area contributed by atoms with Gasteiger partial charge in [0.1, 0.15) is 45.9 Å². The summed E-state index contributed by atoms with van der Waals surface area (Å²) in [5.74, 6) is -4.94. The molecule has 1 aliphatic rings. The zero-order valence-electron chi connectivity index (χ0n) is 21.3. The van der Waals surface area contributed by atoms with E-state index in [0.29, 0.717) is 0 Å². The summed E-state index contributed by atoms with van der Waals surface area (Å²) in [5, 5.41) is 0. The molecular formula is C20H15Na3O15S3. The van der Waals surface area contributed by atoms with Gasteiger partial charge in [-0.2, -0.15) is 0 Å². The van der Waals surface area contributed by atoms with Gasteiger partial charge in [0, 0.05) is 11.1 Å². The maximum atomic E-state index is 13.2. The van der Waals surface area contributed by atoms with Gasteiger partial charge >= 0.3 is 88.7 Å². The molecule has 1 aliphatic carbocycles. The number of hydrogen-bond acceptors (Lipinski definition) is 12. The van der Waals surface area contributed by atoms with E-state index in [0.717, 1.165) is 24.3 Å². The molecule has 0 bridgehead atoms. The van der Waals surface area contributed by atoms with Crippen molar-refractivity contribution in [3.8, 4) is 11.5 Å². The summed E-state index contributed by atoms with van der Waals surface area (Å²) in [6.07, 6.45) is 0. The molecule has 0 radical (unpaired) electrons. The molecule has 3 aromatic rings. The Morgan fingerprint density at radius 1 is 0.512 bits per heavy atom. The fourth-order valence-electron chi connectivity index (χ4n) is 3.65. The molecule has 0 atom stereocenters. The Kier molecular flexibility index (Phi) is 17.4. The van der Waals surface area contributed by atoms with Crippen molar-refractivity contribution < 1.29 is 158 Å². The summed E-state index contributed by atoms with van der Waals surface area (Å²) in [6.45, 7) is 0. The zero-order chi connectivity index (χ0) is 25.9. The predicted molar refractivity (Wildman–Crippen MR) is 121 cm³/mol. The van der Waals surface area contributed by atoms with Gasteiger partial charge < -0.3 is 34.8 Å². The Labute approximate surface area is 299 Å². The van der Waals surface area contributed by atoms with Crippen LogP contribution in [0, 0.1) is 0 Å². The molecule has 0 amide bonds. The van der Waals surface area contributed by atoms with Crippen molar-refractivity contribution in [1.29, 1.82) is 0 Å². The summed E-state index contributed by atoms with van der Waals surface area (Å²) in [7, 11) is -18.1. The van der Waals surface area contributed by atoms with E-state index < -0.39 is 90.4 Å². The van der Waals surface area contributed by atoms with Crippen LogP contribution in [0.4, 0.5) is 0 Å². The molecule has 41 heavy (non-hydrogen) atoms. The number of ether oxygens (including phenoxy) is 1. The Bertz CT molecular complexity index is 1780. The van der Waals surface area contributed by atoms with E-state index >= 15 is 0 Å². The molecule has 0 fully saturated rings. The van der Waals surface area contributed by atoms with Gasteiger partial charge in [0.2, 0.25) is 0 Å². The van der Waals surface area contributed by atoms with Crippen molar-refractivity contribution in [2.24, 2.45) is 0 Å². The average Bonchev–Trinajstić information content (AvgIpc) is 2.75. The van der Waals surface area contributed by atoms with Crippen LogP contribution in [0.1, 0.15) is 31.8 Å². The standard InChI is InChI=1S/C20H12O12S3.3Na.3H2O/c21-15-11-8-4-5-9-12(11)16(22)14-13(15)18(33(23,24)25)17(32-10-6-2-1-3-7-10)20(35(29,30)31)19(14)34(26,27)28;;;;;;/h1-9H,(H,23,24,25)(H,26,27,28)(H,29,30,31);;;;3*1H2/q;3*+1;;;/p-3. The molecule has 0 heterocycles. The molecule has 0 aromatic heterocycles. The first-order valence-electron chi connectivity index (χ1n) is 9.17. The summed E-state index contributed by atoms with van der Waals surface area (Å²) in [4.78, 5) is 20.5. The topological polar surface area (TPSA) is 309 Å². The zero-order valence-corrected chi connectivity index (χ0v) is 29.8. The third kappa shape index (κ3) is 8.53. The van der Waals surface area contributed by atoms with E-state index in [1.165, 1.54) is 30.3 Å². The minimum Gasteiger partial charge on any atom is -0.744 e. The van der Waals surface area contributed by atoms with E-state index in [1.807, 2.05) is 0 Å². The van der Waals surface area contributed by atoms with Crippen LogP contribution >= 0.6 is 0 Å². The maximum Gasteiger partial charge on any atom is 1.00 e. The van der Waals surface area contributed by atoms with Gasteiger partial charge in [-0.15, -0.1) is 0 Å². The molecule has 21 heteroatoms. The second-order valence-electron chi connectivity index (χ2n) is 7.05. The summed E-state index contributed by atoms with van der Waals surface area (Å²) in [5.41, 5.74) is -3.90. The van der Waals surface area contributed by atoms with Crippen molar-refractivity contribution in [1.82, 2.24) is 0 Å². The number of carbonyl (C=O) groups excluding carboxylic acids is 2. The number of carbonyl (C=O) groups is 2. The molecule has 0 unspecified atom stereocenters. The number of para-hydroxylation sites is 1. The molecule has 4 rings (SSSR count). The Morgan fingerprint density at radius 3 is 1.22 bits per heavy atom. The van der Waals surface area contributed by atoms with E-state index in [1.54, 1.807) is 0 Å². The Balaban J connectivity index is -0.00000241. The number of ketones is 2. The van der Waals surface area contributed by atoms with Crippen molar-refractivity contribution in [3.05, 3.63) is 76.9 Å². The van der Waals surface area contributed by atoms with Crippen LogP contribution in [0.25, 0.3) is 0 Å². The number of benzene rings is 3. The van der Waals surface area contributed by atoms with E-state index in [9.17, 15) is 48.5 Å². The molecule has 0 saturated carbocycles. The normalized spacial score (nSPS) is 11.8. The third-order valence-corrected chi connectivity index (χ3v) is 7.72. The first kappa shape index (κ1) is 44.8. The van der Waals surface area contributed by atoms with Crippen LogP contribution < -0.4 is 93.4 Å². The number of hydrogen-bond donors (Lipinski definition) is 0. The van der Waals surface area contributed by atoms with Gasteiger partial charge in [0.25, 0.3) is 0 Å². The van der Waals surface area contributed by atoms with Gasteiger partial charge in [-0.25, -0.2) is 25.3 Å². The van der Waals surface area contributed by atoms with Crippen LogP contribution in [0.2, 0.25) is 0 Å². The summed E-state index contributed by atoms with van der Waals surface area (Å²) >= 11 is 0. The van der Waals surface area contributed by atoms with Crippen LogP contribution in [0.5, 0.6) is 11.5 Å². The van der Waals surface area contributed by atoms with E-state index in [4.69, 9.17) is 4.74 Å². The van der Waals surface area contributed by atoms with Gasteiger partial charge in [-0.1, -0.05) is 42.5 Å². The van der Waals surface area contributed by atoms with Gasteiger partial charge in [-0.3, -0.25) is 9.59 Å². The van der Waals surface area contributed by atoms with Crippen LogP contribution in [0.3, 0.4) is 0 Å². The first-order chi connectivity index (χ1) is 16.1. The SMILES string of the molecule is O.O.O.O=C1c2ccccc2C(=O)c2c1c(S(=O)(=O)[O-])c(Oc1ccccc1)c(S(=O)(=O)[O-])c2S(=O)(=O)[O-].[Na+].[Na+].[Na+]. The van der Waals surface area contributed by atoms with Crippen LogP contribution in [0.15, 0.2) is 69.3 Å². The minimum atomic E-state index is -6.12. The monoisotopic (exact) mass is 660 g/mol. The van der Waals surface area contributed by atoms with Crippen molar-refractivity contribution in [2.45, 2.75) is 14.7 Å². The number of rotatable bonds is 5. The van der Waals surface area contributed by atoms with Gasteiger partial charge in [0.15, 0.2) is 17.3 Å². The molecule has 3 aromatic carbocycles. The smallest absolute Gasteiger partial charge is 0.744 e. The maximum absolute atomic E-state index is 13.2. The molecule has 0 saturated heterocycles. The second-order valence-corrected chi connectivity index (χ2v) is 11.0. The van der Waals surface area contributed by atoms with Crippen LogP contribution in [-0.2, 0) is 30.4 Å². The Morgan fingerprint density at radius 2 is 0.854 bits per heavy atom. The Hall–Kier alpha value is -0.590. The predicted octanol–water partition coefficient (Wildman–Crippen LogP) is -10.5. The van der Waals surface area contributed by atoms with Gasteiger partial charge in [-0.05, 0) is 12.1 Å². The van der Waals surface area contributed by atoms with Gasteiger partial charge in [0.05, 0.1) is 16.0 Å². The molecule has 206 valence electrons. The third-order valence-electron chi connectivity index (χ3n) is 4.91. The van der Waals surface area contributed by atoms with Crippen LogP contribution in [-0.4, -0.2) is 66.9 Å². The van der Waals surface area contributed by atoms with Crippen molar-refractivity contribution in [3.63, 3.8) is 0 Å². The molecule has 0 spiro atoms. The van der Waals surface area contributed by atoms with Crippen molar-refractivity contribution >= 4 is 41.9 Å². The minimum absolute atomic E-state index is 0. The van der Waals surface area contributed by atoms with E-state index in [2.05, 4.69) is 0 Å². The van der Waals surface area contributed by atoms with Crippen molar-refractivity contribution in [2.75, 3.05) is 0 Å². The summed E-state index contributed by atoms with van der Waals surface area (Å²) < 4.78 is 115. The molecule has 15 nitrogen and oxygen atoms in total. The van der Waals surface area contributed by atoms with E-state index in [-0.39, 0.29) is 105 Å². The molecular weight excluding hydrogens is 645 g/mol. The fourth-order valence-corrected chi connectivity index (χ4v) is 6.60. The number of fused-ring (bicyclic) bond motifs is 2. The fraction of sp³-hybridized carbons (Fsp3) is 0. The molecule has 0 aliphatic heterocycles. The largest absolute Gasteiger partial charge is 1.00 e. The second kappa shape index (κ2) is 15.9. The summed E-state index contributed by atoms with van der Waals surface area (Å²) in [6, 6.07) is 10.9. The first-order valence-corrected chi connectivity index (χ1v) is 13.4.